The van der Waals surface area contributed by atoms with Gasteiger partial charge < -0.3 is 5.73 Å². The highest BCUT2D eigenvalue weighted by Crippen LogP contribution is 2.23. The summed E-state index contributed by atoms with van der Waals surface area (Å²) in [6, 6.07) is 6.27. The van der Waals surface area contributed by atoms with Crippen LogP contribution < -0.4 is 5.73 Å². The van der Waals surface area contributed by atoms with Crippen LogP contribution >= 0.6 is 15.9 Å². The van der Waals surface area contributed by atoms with E-state index in [4.69, 9.17) is 5.73 Å². The number of fused-ring (bicyclic) bond motifs is 1. The Balaban J connectivity index is 2.56. The van der Waals surface area contributed by atoms with Crippen LogP contribution in [0.4, 0.5) is 0 Å². The van der Waals surface area contributed by atoms with Gasteiger partial charge in [0.05, 0.1) is 5.52 Å². The first-order chi connectivity index (χ1) is 6.72. The number of hydrogen-bond acceptors (Lipinski definition) is 2. The number of nitrogens with zero attached hydrogens (tertiary/aromatic N) is 2. The zero-order chi connectivity index (χ0) is 10.1. The first kappa shape index (κ1) is 9.68. The number of aromatic nitrogens is 2. The summed E-state index contributed by atoms with van der Waals surface area (Å²) in [7, 11) is 1.92. The Kier molecular flexibility index (Phi) is 2.56. The minimum Gasteiger partial charge on any atom is -0.330 e. The smallest absolute Gasteiger partial charge is 0.111 e. The van der Waals surface area contributed by atoms with Crippen molar-refractivity contribution in [3.8, 4) is 0 Å². The summed E-state index contributed by atoms with van der Waals surface area (Å²) < 4.78 is 2.85. The fourth-order valence-corrected chi connectivity index (χ4v) is 1.95. The monoisotopic (exact) mass is 253 g/mol. The Morgan fingerprint density at radius 2 is 2.29 bits per heavy atom. The molecule has 4 heteroatoms. The molecule has 0 aliphatic carbocycles. The van der Waals surface area contributed by atoms with Crippen LogP contribution in [0.25, 0.3) is 10.9 Å². The highest BCUT2D eigenvalue weighted by molar-refractivity contribution is 9.10. The van der Waals surface area contributed by atoms with E-state index in [1.807, 2.05) is 11.7 Å². The van der Waals surface area contributed by atoms with Crippen molar-refractivity contribution >= 4 is 26.8 Å². The standard InChI is InChI=1S/C10H12BrN3/c1-14-10(11)8-3-2-7(4-5-12)6-9(8)13-14/h2-3,6H,4-5,12H2,1H3. The minimum atomic E-state index is 0.680. The molecule has 0 amide bonds. The molecule has 74 valence electrons. The van der Waals surface area contributed by atoms with Crippen LogP contribution in [0.5, 0.6) is 0 Å². The molecule has 0 saturated heterocycles. The Labute approximate surface area is 91.0 Å². The SMILES string of the molecule is Cn1nc2cc(CCN)ccc2c1Br. The molecule has 0 saturated carbocycles. The van der Waals surface area contributed by atoms with Crippen LogP contribution in [-0.4, -0.2) is 16.3 Å². The van der Waals surface area contributed by atoms with E-state index in [-0.39, 0.29) is 0 Å². The molecular formula is C10H12BrN3. The van der Waals surface area contributed by atoms with E-state index < -0.39 is 0 Å². The third-order valence-electron chi connectivity index (χ3n) is 2.26. The van der Waals surface area contributed by atoms with Crippen molar-refractivity contribution in [2.75, 3.05) is 6.54 Å². The Morgan fingerprint density at radius 3 is 3.00 bits per heavy atom. The number of hydrogen-bond donors (Lipinski definition) is 1. The molecule has 1 aromatic heterocycles. The molecule has 0 unspecified atom stereocenters. The minimum absolute atomic E-state index is 0.680. The van der Waals surface area contributed by atoms with E-state index in [0.29, 0.717) is 6.54 Å². The van der Waals surface area contributed by atoms with E-state index in [9.17, 15) is 0 Å². The van der Waals surface area contributed by atoms with Crippen LogP contribution in [0, 0.1) is 0 Å². The lowest BCUT2D eigenvalue weighted by molar-refractivity contribution is 0.761. The van der Waals surface area contributed by atoms with Gasteiger partial charge in [-0.1, -0.05) is 6.07 Å². The largest absolute Gasteiger partial charge is 0.330 e. The average Bonchev–Trinajstić information content (AvgIpc) is 2.43. The van der Waals surface area contributed by atoms with Gasteiger partial charge in [0, 0.05) is 12.4 Å². The number of rotatable bonds is 2. The van der Waals surface area contributed by atoms with Crippen LogP contribution in [0.2, 0.25) is 0 Å². The third kappa shape index (κ3) is 1.55. The molecule has 0 bridgehead atoms. The third-order valence-corrected chi connectivity index (χ3v) is 3.20. The lowest BCUT2D eigenvalue weighted by atomic mass is 10.1. The highest BCUT2D eigenvalue weighted by atomic mass is 79.9. The summed E-state index contributed by atoms with van der Waals surface area (Å²) in [4.78, 5) is 0. The van der Waals surface area contributed by atoms with Gasteiger partial charge in [-0.25, -0.2) is 0 Å². The average molecular weight is 254 g/mol. The summed E-state index contributed by atoms with van der Waals surface area (Å²) in [5.41, 5.74) is 7.76. The Morgan fingerprint density at radius 1 is 1.50 bits per heavy atom. The summed E-state index contributed by atoms with van der Waals surface area (Å²) in [6.07, 6.45) is 0.907. The molecule has 1 heterocycles. The first-order valence-corrected chi connectivity index (χ1v) is 5.33. The fourth-order valence-electron chi connectivity index (χ4n) is 1.54. The first-order valence-electron chi connectivity index (χ1n) is 4.53. The fraction of sp³-hybridized carbons (Fsp3) is 0.300. The van der Waals surface area contributed by atoms with Gasteiger partial charge in [-0.05, 0) is 46.6 Å². The second-order valence-corrected chi connectivity index (χ2v) is 4.06. The van der Waals surface area contributed by atoms with Gasteiger partial charge in [-0.3, -0.25) is 4.68 Å². The van der Waals surface area contributed by atoms with E-state index in [0.717, 1.165) is 21.9 Å². The number of nitrogens with two attached hydrogens (primary N) is 1. The van der Waals surface area contributed by atoms with Crippen LogP contribution in [-0.2, 0) is 13.5 Å². The maximum absolute atomic E-state index is 5.50. The van der Waals surface area contributed by atoms with Crippen molar-refractivity contribution in [2.45, 2.75) is 6.42 Å². The molecule has 0 aliphatic rings. The maximum Gasteiger partial charge on any atom is 0.111 e. The number of halogens is 1. The van der Waals surface area contributed by atoms with Gasteiger partial charge in [0.2, 0.25) is 0 Å². The zero-order valence-electron chi connectivity index (χ0n) is 8.00. The quantitative estimate of drug-likeness (QED) is 0.888. The summed E-state index contributed by atoms with van der Waals surface area (Å²) >= 11 is 3.49. The van der Waals surface area contributed by atoms with Crippen molar-refractivity contribution in [1.82, 2.24) is 9.78 Å². The topological polar surface area (TPSA) is 43.8 Å². The van der Waals surface area contributed by atoms with E-state index in [1.165, 1.54) is 5.56 Å². The molecule has 1 aromatic carbocycles. The summed E-state index contributed by atoms with van der Waals surface area (Å²) in [5.74, 6) is 0. The summed E-state index contributed by atoms with van der Waals surface area (Å²) in [6.45, 7) is 0.680. The van der Waals surface area contributed by atoms with Crippen molar-refractivity contribution in [3.63, 3.8) is 0 Å². The molecule has 2 rings (SSSR count). The zero-order valence-corrected chi connectivity index (χ0v) is 9.58. The Bertz CT molecular complexity index is 462. The molecular weight excluding hydrogens is 242 g/mol. The van der Waals surface area contributed by atoms with Gasteiger partial charge in [0.15, 0.2) is 0 Å². The molecule has 0 aliphatic heterocycles. The number of benzene rings is 1. The van der Waals surface area contributed by atoms with Gasteiger partial charge in [0.1, 0.15) is 4.60 Å². The molecule has 0 atom stereocenters. The van der Waals surface area contributed by atoms with Crippen molar-refractivity contribution in [3.05, 3.63) is 28.4 Å². The normalized spacial score (nSPS) is 11.1. The molecule has 14 heavy (non-hydrogen) atoms. The lowest BCUT2D eigenvalue weighted by Gasteiger charge is -1.97. The predicted octanol–water partition coefficient (Wildman–Crippen LogP) is 1.84. The van der Waals surface area contributed by atoms with Gasteiger partial charge in [-0.15, -0.1) is 0 Å². The van der Waals surface area contributed by atoms with Gasteiger partial charge in [-0.2, -0.15) is 5.10 Å². The molecule has 0 fully saturated rings. The van der Waals surface area contributed by atoms with Gasteiger partial charge in [0.25, 0.3) is 0 Å². The Hall–Kier alpha value is -0.870. The van der Waals surface area contributed by atoms with Crippen molar-refractivity contribution < 1.29 is 0 Å². The molecule has 3 nitrogen and oxygen atoms in total. The highest BCUT2D eigenvalue weighted by Gasteiger charge is 2.05. The van der Waals surface area contributed by atoms with Crippen LogP contribution in [0.1, 0.15) is 5.56 Å². The second kappa shape index (κ2) is 3.71. The molecule has 2 N–H and O–H groups in total. The van der Waals surface area contributed by atoms with Gasteiger partial charge >= 0.3 is 0 Å². The van der Waals surface area contributed by atoms with E-state index in [2.05, 4.69) is 39.2 Å². The molecule has 2 aromatic rings. The summed E-state index contributed by atoms with van der Waals surface area (Å²) in [5, 5.41) is 5.53. The second-order valence-electron chi connectivity index (χ2n) is 3.30. The molecule has 0 spiro atoms. The van der Waals surface area contributed by atoms with E-state index >= 15 is 0 Å². The van der Waals surface area contributed by atoms with Crippen molar-refractivity contribution in [2.24, 2.45) is 12.8 Å². The molecule has 0 radical (unpaired) electrons. The van der Waals surface area contributed by atoms with E-state index in [1.54, 1.807) is 0 Å². The predicted molar refractivity (Wildman–Crippen MR) is 61.2 cm³/mol. The lowest BCUT2D eigenvalue weighted by Crippen LogP contribution is -2.02. The van der Waals surface area contributed by atoms with Crippen LogP contribution in [0.3, 0.4) is 0 Å². The number of aryl methyl sites for hydroxylation is 1. The van der Waals surface area contributed by atoms with Crippen molar-refractivity contribution in [1.29, 1.82) is 0 Å². The maximum atomic E-state index is 5.50. The van der Waals surface area contributed by atoms with Crippen LogP contribution in [0.15, 0.2) is 22.8 Å².